The first-order valence-electron chi connectivity index (χ1n) is 6.72. The average molecular weight is 301 g/mol. The number of aryl methyl sites for hydroxylation is 1. The van der Waals surface area contributed by atoms with Gasteiger partial charge in [-0.1, -0.05) is 19.9 Å². The van der Waals surface area contributed by atoms with Gasteiger partial charge in [0.1, 0.15) is 0 Å². The molecular weight excluding hydrogens is 276 g/mol. The van der Waals surface area contributed by atoms with E-state index in [-0.39, 0.29) is 18.3 Å². The van der Waals surface area contributed by atoms with E-state index in [1.165, 1.54) is 0 Å². The number of ether oxygens (including phenoxy) is 1. The topological polar surface area (TPSA) is 64.4 Å². The van der Waals surface area contributed by atoms with Crippen molar-refractivity contribution in [2.45, 2.75) is 27.2 Å². The summed E-state index contributed by atoms with van der Waals surface area (Å²) in [4.78, 5) is 11.9. The maximum Gasteiger partial charge on any atom is 0.251 e. The number of nitrogens with two attached hydrogens (primary N) is 1. The summed E-state index contributed by atoms with van der Waals surface area (Å²) in [6.45, 7) is 8.02. The SMILES string of the molecule is Cc1ccc(N)cc1C(=O)NCCOCCC(C)C.Cl. The fourth-order valence-electron chi connectivity index (χ4n) is 1.64. The molecule has 0 unspecified atom stereocenters. The summed E-state index contributed by atoms with van der Waals surface area (Å²) < 4.78 is 5.45. The number of rotatable bonds is 7. The van der Waals surface area contributed by atoms with Gasteiger partial charge in [-0.2, -0.15) is 0 Å². The second-order valence-corrected chi connectivity index (χ2v) is 5.13. The van der Waals surface area contributed by atoms with Crippen molar-refractivity contribution in [3.63, 3.8) is 0 Å². The number of carbonyl (C=O) groups is 1. The Labute approximate surface area is 127 Å². The van der Waals surface area contributed by atoms with E-state index in [0.717, 1.165) is 18.6 Å². The third kappa shape index (κ3) is 6.78. The lowest BCUT2D eigenvalue weighted by atomic mass is 10.1. The highest BCUT2D eigenvalue weighted by Gasteiger charge is 2.08. The molecule has 5 heteroatoms. The lowest BCUT2D eigenvalue weighted by Gasteiger charge is -2.09. The van der Waals surface area contributed by atoms with Crippen LogP contribution >= 0.6 is 12.4 Å². The molecule has 0 fully saturated rings. The van der Waals surface area contributed by atoms with Crippen molar-refractivity contribution in [2.24, 2.45) is 5.92 Å². The van der Waals surface area contributed by atoms with Crippen LogP contribution in [0.3, 0.4) is 0 Å². The third-order valence-corrected chi connectivity index (χ3v) is 2.88. The molecule has 0 spiro atoms. The lowest BCUT2D eigenvalue weighted by Crippen LogP contribution is -2.28. The number of amides is 1. The van der Waals surface area contributed by atoms with Crippen LogP contribution in [0.25, 0.3) is 0 Å². The summed E-state index contributed by atoms with van der Waals surface area (Å²) >= 11 is 0. The molecule has 1 rings (SSSR count). The molecule has 0 bridgehead atoms. The van der Waals surface area contributed by atoms with Crippen molar-refractivity contribution in [1.82, 2.24) is 5.32 Å². The molecular formula is C15H25ClN2O2. The Bertz CT molecular complexity index is 422. The molecule has 0 radical (unpaired) electrons. The number of benzene rings is 1. The Morgan fingerprint density at radius 1 is 1.35 bits per heavy atom. The quantitative estimate of drug-likeness (QED) is 0.601. The number of hydrogen-bond acceptors (Lipinski definition) is 3. The van der Waals surface area contributed by atoms with Crippen LogP contribution in [0.1, 0.15) is 36.2 Å². The van der Waals surface area contributed by atoms with Crippen molar-refractivity contribution in [2.75, 3.05) is 25.5 Å². The molecule has 0 aliphatic carbocycles. The van der Waals surface area contributed by atoms with Gasteiger partial charge in [0.2, 0.25) is 0 Å². The van der Waals surface area contributed by atoms with Crippen molar-refractivity contribution >= 4 is 24.0 Å². The molecule has 0 aromatic heterocycles. The van der Waals surface area contributed by atoms with Gasteiger partial charge < -0.3 is 15.8 Å². The summed E-state index contributed by atoms with van der Waals surface area (Å²) in [7, 11) is 0. The summed E-state index contributed by atoms with van der Waals surface area (Å²) in [6, 6.07) is 5.34. The number of nitrogen functional groups attached to an aromatic ring is 1. The maximum atomic E-state index is 11.9. The molecule has 0 saturated carbocycles. The zero-order valence-corrected chi connectivity index (χ0v) is 13.3. The van der Waals surface area contributed by atoms with Crippen LogP contribution in [0.15, 0.2) is 18.2 Å². The van der Waals surface area contributed by atoms with Crippen LogP contribution in [0.5, 0.6) is 0 Å². The van der Waals surface area contributed by atoms with Crippen LogP contribution < -0.4 is 11.1 Å². The second-order valence-electron chi connectivity index (χ2n) is 5.13. The molecule has 0 saturated heterocycles. The van der Waals surface area contributed by atoms with E-state index in [9.17, 15) is 4.79 Å². The predicted molar refractivity (Wildman–Crippen MR) is 85.4 cm³/mol. The number of hydrogen-bond donors (Lipinski definition) is 2. The van der Waals surface area contributed by atoms with Gasteiger partial charge in [-0.15, -0.1) is 12.4 Å². The van der Waals surface area contributed by atoms with Crippen LogP contribution in [0.2, 0.25) is 0 Å². The Balaban J connectivity index is 0.00000361. The fourth-order valence-corrected chi connectivity index (χ4v) is 1.64. The van der Waals surface area contributed by atoms with Crippen LogP contribution in [0, 0.1) is 12.8 Å². The van der Waals surface area contributed by atoms with Crippen molar-refractivity contribution in [1.29, 1.82) is 0 Å². The minimum atomic E-state index is -0.0998. The number of carbonyl (C=O) groups excluding carboxylic acids is 1. The number of halogens is 1. The molecule has 0 aliphatic rings. The minimum absolute atomic E-state index is 0. The van der Waals surface area contributed by atoms with Crippen molar-refractivity contribution in [3.8, 4) is 0 Å². The molecule has 4 nitrogen and oxygen atoms in total. The highest BCUT2D eigenvalue weighted by atomic mass is 35.5. The largest absolute Gasteiger partial charge is 0.399 e. The van der Waals surface area contributed by atoms with E-state index in [2.05, 4.69) is 19.2 Å². The van der Waals surface area contributed by atoms with Gasteiger partial charge in [-0.25, -0.2) is 0 Å². The van der Waals surface area contributed by atoms with E-state index < -0.39 is 0 Å². The maximum absolute atomic E-state index is 11.9. The highest BCUT2D eigenvalue weighted by molar-refractivity contribution is 5.96. The molecule has 1 aromatic carbocycles. The zero-order valence-electron chi connectivity index (χ0n) is 12.4. The molecule has 20 heavy (non-hydrogen) atoms. The summed E-state index contributed by atoms with van der Waals surface area (Å²) in [5.74, 6) is 0.543. The lowest BCUT2D eigenvalue weighted by molar-refractivity contribution is 0.0905. The Morgan fingerprint density at radius 3 is 2.70 bits per heavy atom. The third-order valence-electron chi connectivity index (χ3n) is 2.88. The molecule has 114 valence electrons. The monoisotopic (exact) mass is 300 g/mol. The minimum Gasteiger partial charge on any atom is -0.399 e. The number of nitrogens with one attached hydrogen (secondary N) is 1. The van der Waals surface area contributed by atoms with E-state index >= 15 is 0 Å². The van der Waals surface area contributed by atoms with Gasteiger partial charge in [0.15, 0.2) is 0 Å². The molecule has 0 aliphatic heterocycles. The summed E-state index contributed by atoms with van der Waals surface area (Å²) in [5.41, 5.74) is 7.83. The van der Waals surface area contributed by atoms with E-state index in [4.69, 9.17) is 10.5 Å². The van der Waals surface area contributed by atoms with Crippen LogP contribution in [-0.2, 0) is 4.74 Å². The number of anilines is 1. The summed E-state index contributed by atoms with van der Waals surface area (Å²) in [6.07, 6.45) is 1.04. The highest BCUT2D eigenvalue weighted by Crippen LogP contribution is 2.12. The molecule has 1 amide bonds. The smallest absolute Gasteiger partial charge is 0.251 e. The first kappa shape index (κ1) is 18.7. The van der Waals surface area contributed by atoms with Gasteiger partial charge in [0.05, 0.1) is 6.61 Å². The first-order chi connectivity index (χ1) is 9.00. The normalized spacial score (nSPS) is 10.2. The van der Waals surface area contributed by atoms with E-state index in [0.29, 0.717) is 30.3 Å². The van der Waals surface area contributed by atoms with Gasteiger partial charge in [-0.05, 0) is 37.0 Å². The average Bonchev–Trinajstić information content (AvgIpc) is 2.36. The van der Waals surface area contributed by atoms with E-state index in [1.807, 2.05) is 13.0 Å². The molecule has 3 N–H and O–H groups in total. The molecule has 0 heterocycles. The Hall–Kier alpha value is -1.26. The Kier molecular flexibility index (Phi) is 9.01. The first-order valence-corrected chi connectivity index (χ1v) is 6.72. The summed E-state index contributed by atoms with van der Waals surface area (Å²) in [5, 5.41) is 2.84. The van der Waals surface area contributed by atoms with Gasteiger partial charge >= 0.3 is 0 Å². The second kappa shape index (κ2) is 9.61. The van der Waals surface area contributed by atoms with E-state index in [1.54, 1.807) is 12.1 Å². The van der Waals surface area contributed by atoms with Gasteiger partial charge in [0, 0.05) is 24.4 Å². The van der Waals surface area contributed by atoms with Gasteiger partial charge in [-0.3, -0.25) is 4.79 Å². The fraction of sp³-hybridized carbons (Fsp3) is 0.533. The molecule has 1 aromatic rings. The predicted octanol–water partition coefficient (Wildman–Crippen LogP) is 2.79. The zero-order chi connectivity index (χ0) is 14.3. The van der Waals surface area contributed by atoms with Crippen LogP contribution in [-0.4, -0.2) is 25.7 Å². The molecule has 0 atom stereocenters. The van der Waals surface area contributed by atoms with Crippen LogP contribution in [0.4, 0.5) is 5.69 Å². The van der Waals surface area contributed by atoms with Crippen molar-refractivity contribution in [3.05, 3.63) is 29.3 Å². The Morgan fingerprint density at radius 2 is 2.05 bits per heavy atom. The van der Waals surface area contributed by atoms with Crippen molar-refractivity contribution < 1.29 is 9.53 Å². The van der Waals surface area contributed by atoms with Gasteiger partial charge in [0.25, 0.3) is 5.91 Å². The standard InChI is InChI=1S/C15H24N2O2.ClH/c1-11(2)6-8-19-9-7-17-15(18)14-10-13(16)5-4-12(14)3;/h4-5,10-11H,6-9,16H2,1-3H3,(H,17,18);1H.